The third kappa shape index (κ3) is 3.02. The van der Waals surface area contributed by atoms with Crippen LogP contribution in [0.15, 0.2) is 0 Å². The molecule has 2 atom stereocenters. The fourth-order valence-corrected chi connectivity index (χ4v) is 2.46. The molecule has 0 bridgehead atoms. The molecule has 3 N–H and O–H groups in total. The van der Waals surface area contributed by atoms with Gasteiger partial charge in [-0.05, 0) is 19.3 Å². The number of carbonyl (C=O) groups is 3. The predicted molar refractivity (Wildman–Crippen MR) is 73.2 cm³/mol. The summed E-state index contributed by atoms with van der Waals surface area (Å²) in [5.74, 6) is -1.22. The van der Waals surface area contributed by atoms with Crippen molar-refractivity contribution in [2.24, 2.45) is 11.3 Å². The van der Waals surface area contributed by atoms with Gasteiger partial charge in [-0.3, -0.25) is 9.59 Å². The third-order valence-corrected chi connectivity index (χ3v) is 4.10. The number of likely N-dealkylation sites (N-methyl/N-ethyl adjacent to an activating group) is 1. The Labute approximate surface area is 118 Å². The molecule has 7 heteroatoms. The minimum absolute atomic E-state index is 0.0610. The van der Waals surface area contributed by atoms with Crippen LogP contribution in [0.25, 0.3) is 0 Å². The molecule has 1 aliphatic rings. The summed E-state index contributed by atoms with van der Waals surface area (Å²) in [7, 11) is 1.50. The number of rotatable bonds is 4. The van der Waals surface area contributed by atoms with Gasteiger partial charge < -0.3 is 20.6 Å². The standard InChI is InChI=1S/C13H23N3O4/c1-8(2)13(11(18)19)5-6-16(7-13)12(20)15-9(3)10(17)14-4/h8-9H,5-7H2,1-4H3,(H,14,17)(H,15,20)(H,18,19). The molecule has 7 nitrogen and oxygen atoms in total. The highest BCUT2D eigenvalue weighted by Crippen LogP contribution is 2.38. The Morgan fingerprint density at radius 2 is 1.85 bits per heavy atom. The Balaban J connectivity index is 2.70. The summed E-state index contributed by atoms with van der Waals surface area (Å²) >= 11 is 0. The lowest BCUT2D eigenvalue weighted by Crippen LogP contribution is -2.50. The van der Waals surface area contributed by atoms with Crippen LogP contribution in [0.3, 0.4) is 0 Å². The second-order valence-electron chi connectivity index (χ2n) is 5.57. The summed E-state index contributed by atoms with van der Waals surface area (Å²) in [4.78, 5) is 36.4. The van der Waals surface area contributed by atoms with Gasteiger partial charge in [0.25, 0.3) is 0 Å². The lowest BCUT2D eigenvalue weighted by Gasteiger charge is -2.29. The van der Waals surface area contributed by atoms with Crippen LogP contribution in [-0.2, 0) is 9.59 Å². The van der Waals surface area contributed by atoms with E-state index in [-0.39, 0.29) is 18.4 Å². The Hall–Kier alpha value is -1.79. The number of likely N-dealkylation sites (tertiary alicyclic amines) is 1. The lowest BCUT2D eigenvalue weighted by atomic mass is 9.76. The topological polar surface area (TPSA) is 98.7 Å². The molecular weight excluding hydrogens is 262 g/mol. The minimum atomic E-state index is -0.895. The number of nitrogens with one attached hydrogen (secondary N) is 2. The molecular formula is C13H23N3O4. The number of nitrogens with zero attached hydrogens (tertiary/aromatic N) is 1. The van der Waals surface area contributed by atoms with Gasteiger partial charge in [-0.1, -0.05) is 13.8 Å². The van der Waals surface area contributed by atoms with Gasteiger partial charge in [-0.25, -0.2) is 4.79 Å². The minimum Gasteiger partial charge on any atom is -0.481 e. The van der Waals surface area contributed by atoms with Gasteiger partial charge in [0.05, 0.1) is 5.41 Å². The zero-order valence-corrected chi connectivity index (χ0v) is 12.4. The monoisotopic (exact) mass is 285 g/mol. The molecule has 0 saturated carbocycles. The molecule has 0 aromatic rings. The van der Waals surface area contributed by atoms with Crippen molar-refractivity contribution in [2.45, 2.75) is 33.2 Å². The lowest BCUT2D eigenvalue weighted by molar-refractivity contribution is -0.150. The highest BCUT2D eigenvalue weighted by molar-refractivity contribution is 5.87. The molecule has 1 heterocycles. The molecule has 1 saturated heterocycles. The Kier molecular flexibility index (Phi) is 4.97. The molecule has 114 valence electrons. The van der Waals surface area contributed by atoms with Crippen molar-refractivity contribution in [3.05, 3.63) is 0 Å². The molecule has 3 amide bonds. The van der Waals surface area contributed by atoms with E-state index in [2.05, 4.69) is 10.6 Å². The van der Waals surface area contributed by atoms with Gasteiger partial charge in [0.1, 0.15) is 6.04 Å². The molecule has 0 aliphatic carbocycles. The van der Waals surface area contributed by atoms with Crippen LogP contribution in [0.1, 0.15) is 27.2 Å². The van der Waals surface area contributed by atoms with Crippen molar-refractivity contribution in [1.29, 1.82) is 0 Å². The zero-order valence-electron chi connectivity index (χ0n) is 12.4. The van der Waals surface area contributed by atoms with Gasteiger partial charge >= 0.3 is 12.0 Å². The number of amides is 3. The summed E-state index contributed by atoms with van der Waals surface area (Å²) < 4.78 is 0. The highest BCUT2D eigenvalue weighted by Gasteiger charge is 2.48. The largest absolute Gasteiger partial charge is 0.481 e. The van der Waals surface area contributed by atoms with Crippen LogP contribution in [0.4, 0.5) is 4.79 Å². The molecule has 0 spiro atoms. The molecule has 0 aromatic carbocycles. The molecule has 1 fully saturated rings. The van der Waals surface area contributed by atoms with Crippen LogP contribution < -0.4 is 10.6 Å². The van der Waals surface area contributed by atoms with Crippen LogP contribution in [0, 0.1) is 11.3 Å². The smallest absolute Gasteiger partial charge is 0.318 e. The first-order chi connectivity index (χ1) is 9.24. The SMILES string of the molecule is CNC(=O)C(C)NC(=O)N1CCC(C(=O)O)(C(C)C)C1. The van der Waals surface area contributed by atoms with E-state index >= 15 is 0 Å². The number of hydrogen-bond acceptors (Lipinski definition) is 3. The molecule has 0 radical (unpaired) electrons. The second kappa shape index (κ2) is 6.11. The third-order valence-electron chi connectivity index (χ3n) is 4.10. The highest BCUT2D eigenvalue weighted by atomic mass is 16.4. The van der Waals surface area contributed by atoms with Crippen LogP contribution in [0.5, 0.6) is 0 Å². The molecule has 2 unspecified atom stereocenters. The number of hydrogen-bond donors (Lipinski definition) is 3. The average molecular weight is 285 g/mol. The Morgan fingerprint density at radius 3 is 2.25 bits per heavy atom. The molecule has 0 aromatic heterocycles. The van der Waals surface area contributed by atoms with Gasteiger partial charge in [0.15, 0.2) is 0 Å². The summed E-state index contributed by atoms with van der Waals surface area (Å²) in [6.45, 7) is 5.84. The van der Waals surface area contributed by atoms with Crippen LogP contribution in [-0.4, -0.2) is 54.1 Å². The molecule has 1 aliphatic heterocycles. The molecule has 1 rings (SSSR count). The number of urea groups is 1. The Morgan fingerprint density at radius 1 is 1.25 bits per heavy atom. The average Bonchev–Trinajstić information content (AvgIpc) is 2.84. The van der Waals surface area contributed by atoms with E-state index in [9.17, 15) is 19.5 Å². The van der Waals surface area contributed by atoms with Gasteiger partial charge in [-0.15, -0.1) is 0 Å². The number of carbonyl (C=O) groups excluding carboxylic acids is 2. The first kappa shape index (κ1) is 16.3. The van der Waals surface area contributed by atoms with E-state index in [0.717, 1.165) is 0 Å². The quantitative estimate of drug-likeness (QED) is 0.690. The van der Waals surface area contributed by atoms with Crippen molar-refractivity contribution in [2.75, 3.05) is 20.1 Å². The van der Waals surface area contributed by atoms with Crippen LogP contribution >= 0.6 is 0 Å². The maximum atomic E-state index is 12.1. The van der Waals surface area contributed by atoms with E-state index in [1.54, 1.807) is 6.92 Å². The summed E-state index contributed by atoms with van der Waals surface area (Å²) in [6.07, 6.45) is 0.432. The first-order valence-electron chi connectivity index (χ1n) is 6.75. The van der Waals surface area contributed by atoms with Gasteiger partial charge in [0, 0.05) is 20.1 Å². The summed E-state index contributed by atoms with van der Waals surface area (Å²) in [5.41, 5.74) is -0.895. The van der Waals surface area contributed by atoms with E-state index < -0.39 is 23.5 Å². The predicted octanol–water partition coefficient (Wildman–Crippen LogP) is 0.263. The van der Waals surface area contributed by atoms with Crippen molar-refractivity contribution < 1.29 is 19.5 Å². The fraction of sp³-hybridized carbons (Fsp3) is 0.769. The number of carboxylic acids is 1. The second-order valence-corrected chi connectivity index (χ2v) is 5.57. The normalized spacial score (nSPS) is 23.6. The zero-order chi connectivity index (χ0) is 15.5. The first-order valence-corrected chi connectivity index (χ1v) is 6.75. The van der Waals surface area contributed by atoms with Crippen molar-refractivity contribution in [3.63, 3.8) is 0 Å². The van der Waals surface area contributed by atoms with E-state index in [0.29, 0.717) is 13.0 Å². The van der Waals surface area contributed by atoms with Crippen molar-refractivity contribution >= 4 is 17.9 Å². The fourth-order valence-electron chi connectivity index (χ4n) is 2.46. The Bertz CT molecular complexity index is 410. The molecule has 20 heavy (non-hydrogen) atoms. The van der Waals surface area contributed by atoms with Crippen molar-refractivity contribution in [3.8, 4) is 0 Å². The van der Waals surface area contributed by atoms with E-state index in [4.69, 9.17) is 0 Å². The summed E-state index contributed by atoms with van der Waals surface area (Å²) in [5, 5.41) is 14.4. The van der Waals surface area contributed by atoms with Gasteiger partial charge in [-0.2, -0.15) is 0 Å². The van der Waals surface area contributed by atoms with E-state index in [1.165, 1.54) is 11.9 Å². The van der Waals surface area contributed by atoms with Crippen LogP contribution in [0.2, 0.25) is 0 Å². The van der Waals surface area contributed by atoms with E-state index in [1.807, 2.05) is 13.8 Å². The van der Waals surface area contributed by atoms with Crippen molar-refractivity contribution in [1.82, 2.24) is 15.5 Å². The number of aliphatic carboxylic acids is 1. The number of carboxylic acid groups (broad SMARTS) is 1. The van der Waals surface area contributed by atoms with Gasteiger partial charge in [0.2, 0.25) is 5.91 Å². The maximum absolute atomic E-state index is 12.1. The summed E-state index contributed by atoms with van der Waals surface area (Å²) in [6, 6.07) is -1.05. The maximum Gasteiger partial charge on any atom is 0.318 e.